The van der Waals surface area contributed by atoms with E-state index in [0.717, 1.165) is 5.69 Å². The number of H-pyrrole nitrogens is 2. The van der Waals surface area contributed by atoms with E-state index in [1.807, 2.05) is 0 Å². The number of aryl methyl sites for hydroxylation is 1. The van der Waals surface area contributed by atoms with Crippen LogP contribution < -0.4 is 16.6 Å². The van der Waals surface area contributed by atoms with E-state index in [-0.39, 0.29) is 48.1 Å². The Labute approximate surface area is 215 Å². The number of benzene rings is 1. The highest BCUT2D eigenvalue weighted by Crippen LogP contribution is 2.36. The summed E-state index contributed by atoms with van der Waals surface area (Å²) in [6.45, 7) is 5.46. The number of nitrogens with zero attached hydrogens (tertiary/aromatic N) is 1. The smallest absolute Gasteiger partial charge is 0.328 e. The molecule has 1 atom stereocenters. The van der Waals surface area contributed by atoms with Crippen LogP contribution in [-0.4, -0.2) is 52.1 Å². The summed E-state index contributed by atoms with van der Waals surface area (Å²) >= 11 is 7.67. The molecule has 192 valence electrons. The molecule has 3 rings (SSSR count). The number of carbonyl (C=O) groups excluding carboxylic acids is 3. The quantitative estimate of drug-likeness (QED) is 0.285. The molecule has 3 aromatic rings. The number of aromatic nitrogens is 3. The first kappa shape index (κ1) is 27.1. The maximum atomic E-state index is 12.9. The molecule has 0 aliphatic heterocycles. The Hall–Kier alpha value is -3.51. The number of hydrogen-bond donors (Lipinski definition) is 4. The number of hydrogen-bond acceptors (Lipinski definition) is 9. The van der Waals surface area contributed by atoms with E-state index >= 15 is 0 Å². The Kier molecular flexibility index (Phi) is 8.99. The summed E-state index contributed by atoms with van der Waals surface area (Å²) in [6, 6.07) is 3.71. The molecule has 0 bridgehead atoms. The molecule has 36 heavy (non-hydrogen) atoms. The van der Waals surface area contributed by atoms with Crippen molar-refractivity contribution in [2.45, 2.75) is 49.4 Å². The zero-order valence-corrected chi connectivity index (χ0v) is 21.5. The fourth-order valence-corrected chi connectivity index (χ4v) is 4.80. The largest absolute Gasteiger partial charge is 0.466 e. The lowest BCUT2D eigenvalue weighted by Gasteiger charge is -2.17. The van der Waals surface area contributed by atoms with Gasteiger partial charge in [-0.2, -0.15) is 4.98 Å². The van der Waals surface area contributed by atoms with Gasteiger partial charge in [-0.3, -0.25) is 19.4 Å². The molecule has 0 unspecified atom stereocenters. The molecule has 2 aromatic heterocycles. The molecule has 0 saturated carbocycles. The van der Waals surface area contributed by atoms with Gasteiger partial charge in [0.15, 0.2) is 0 Å². The second kappa shape index (κ2) is 12.0. The number of fused-ring (bicyclic) bond motifs is 1. The van der Waals surface area contributed by atoms with Crippen molar-refractivity contribution in [1.29, 1.82) is 0 Å². The van der Waals surface area contributed by atoms with Gasteiger partial charge in [-0.25, -0.2) is 4.79 Å². The second-order valence-corrected chi connectivity index (χ2v) is 9.11. The first-order valence-electron chi connectivity index (χ1n) is 11.1. The van der Waals surface area contributed by atoms with E-state index < -0.39 is 23.9 Å². The molecule has 1 amide bonds. The molecule has 0 spiro atoms. The lowest BCUT2D eigenvalue weighted by Crippen LogP contribution is -2.42. The van der Waals surface area contributed by atoms with Gasteiger partial charge < -0.3 is 25.5 Å². The van der Waals surface area contributed by atoms with Crippen molar-refractivity contribution >= 4 is 58.2 Å². The number of halogens is 1. The Bertz CT molecular complexity index is 1350. The maximum Gasteiger partial charge on any atom is 0.328 e. The summed E-state index contributed by atoms with van der Waals surface area (Å²) < 4.78 is 9.90. The first-order chi connectivity index (χ1) is 17.1. The summed E-state index contributed by atoms with van der Waals surface area (Å²) in [4.78, 5) is 60.3. The molecule has 11 nitrogen and oxygen atoms in total. The van der Waals surface area contributed by atoms with Gasteiger partial charge in [-0.05, 0) is 45.4 Å². The summed E-state index contributed by atoms with van der Waals surface area (Å²) in [5.74, 6) is -1.73. The van der Waals surface area contributed by atoms with Crippen LogP contribution in [-0.2, 0) is 19.1 Å². The minimum absolute atomic E-state index is 0.00656. The third-order valence-corrected chi connectivity index (χ3v) is 6.55. The summed E-state index contributed by atoms with van der Waals surface area (Å²) in [7, 11) is 0. The van der Waals surface area contributed by atoms with Crippen LogP contribution in [0, 0.1) is 6.92 Å². The number of ether oxygens (including phenoxy) is 2. The predicted molar refractivity (Wildman–Crippen MR) is 135 cm³/mol. The van der Waals surface area contributed by atoms with Crippen LogP contribution in [0.25, 0.3) is 11.0 Å². The average Bonchev–Trinajstić information content (AvgIpc) is 3.11. The van der Waals surface area contributed by atoms with Crippen molar-refractivity contribution < 1.29 is 23.9 Å². The SMILES string of the molecule is CCOC(=O)CC[C@H](NC(=O)c1ccc(Sc2c(C)[nH]c3nc(N)[nH]c(=O)c23)cc1Cl)C(=O)OCC. The molecule has 0 aliphatic carbocycles. The zero-order chi connectivity index (χ0) is 26.4. The molecule has 0 radical (unpaired) electrons. The number of anilines is 1. The van der Waals surface area contributed by atoms with Gasteiger partial charge >= 0.3 is 11.9 Å². The minimum Gasteiger partial charge on any atom is -0.466 e. The number of aromatic amines is 2. The van der Waals surface area contributed by atoms with Gasteiger partial charge in [0.2, 0.25) is 5.95 Å². The van der Waals surface area contributed by atoms with E-state index in [4.69, 9.17) is 26.8 Å². The number of rotatable bonds is 10. The topological polar surface area (TPSA) is 169 Å². The second-order valence-electron chi connectivity index (χ2n) is 7.62. The zero-order valence-electron chi connectivity index (χ0n) is 19.9. The molecule has 0 fully saturated rings. The Morgan fingerprint density at radius 3 is 2.58 bits per heavy atom. The van der Waals surface area contributed by atoms with E-state index in [0.29, 0.717) is 20.8 Å². The molecule has 5 N–H and O–H groups in total. The normalized spacial score (nSPS) is 11.8. The predicted octanol–water partition coefficient (Wildman–Crippen LogP) is 2.95. The van der Waals surface area contributed by atoms with Crippen molar-refractivity contribution in [2.24, 2.45) is 0 Å². The fraction of sp³-hybridized carbons (Fsp3) is 0.348. The first-order valence-corrected chi connectivity index (χ1v) is 12.3. The average molecular weight is 536 g/mol. The van der Waals surface area contributed by atoms with Gasteiger partial charge in [0.25, 0.3) is 11.5 Å². The van der Waals surface area contributed by atoms with Crippen molar-refractivity contribution in [2.75, 3.05) is 18.9 Å². The van der Waals surface area contributed by atoms with Gasteiger partial charge in [-0.15, -0.1) is 0 Å². The fourth-order valence-electron chi connectivity index (χ4n) is 3.43. The summed E-state index contributed by atoms with van der Waals surface area (Å²) in [5.41, 5.74) is 6.46. The molecule has 0 aliphatic rings. The molecular weight excluding hydrogens is 510 g/mol. The van der Waals surface area contributed by atoms with Crippen LogP contribution in [0.4, 0.5) is 5.95 Å². The van der Waals surface area contributed by atoms with Gasteiger partial charge in [0.1, 0.15) is 11.7 Å². The Morgan fingerprint density at radius 1 is 1.19 bits per heavy atom. The number of nitrogens with two attached hydrogens (primary N) is 1. The minimum atomic E-state index is -1.05. The highest BCUT2D eigenvalue weighted by molar-refractivity contribution is 7.99. The van der Waals surface area contributed by atoms with Crippen molar-refractivity contribution in [3.63, 3.8) is 0 Å². The van der Waals surface area contributed by atoms with Crippen LogP contribution >= 0.6 is 23.4 Å². The van der Waals surface area contributed by atoms with Crippen molar-refractivity contribution in [1.82, 2.24) is 20.3 Å². The number of esters is 2. The Morgan fingerprint density at radius 2 is 1.92 bits per heavy atom. The number of amides is 1. The number of nitrogen functional groups attached to an aromatic ring is 1. The monoisotopic (exact) mass is 535 g/mol. The molecule has 13 heteroatoms. The van der Waals surface area contributed by atoms with Crippen LogP contribution in [0.15, 0.2) is 32.8 Å². The van der Waals surface area contributed by atoms with E-state index in [2.05, 4.69) is 20.3 Å². The van der Waals surface area contributed by atoms with Gasteiger partial charge in [0, 0.05) is 21.9 Å². The van der Waals surface area contributed by atoms with Gasteiger partial charge in [0.05, 0.1) is 29.2 Å². The summed E-state index contributed by atoms with van der Waals surface area (Å²) in [5, 5.41) is 3.09. The maximum absolute atomic E-state index is 12.9. The number of carbonyl (C=O) groups is 3. The highest BCUT2D eigenvalue weighted by Gasteiger charge is 2.25. The lowest BCUT2D eigenvalue weighted by atomic mass is 10.1. The molecular formula is C23H26ClN5O6S. The Balaban J connectivity index is 1.79. The highest BCUT2D eigenvalue weighted by atomic mass is 35.5. The molecule has 2 heterocycles. The van der Waals surface area contributed by atoms with Crippen LogP contribution in [0.1, 0.15) is 42.7 Å². The van der Waals surface area contributed by atoms with Crippen LogP contribution in [0.2, 0.25) is 5.02 Å². The third-order valence-electron chi connectivity index (χ3n) is 5.04. The lowest BCUT2D eigenvalue weighted by molar-refractivity contribution is -0.146. The van der Waals surface area contributed by atoms with Crippen molar-refractivity contribution in [3.05, 3.63) is 44.8 Å². The molecule has 0 saturated heterocycles. The molecule has 1 aromatic carbocycles. The standard InChI is InChI=1S/C23H26ClN5O6S/c1-4-34-16(30)9-8-15(22(33)35-5-2)27-20(31)13-7-6-12(10-14(13)24)36-18-11(3)26-19-17(18)21(32)29-23(25)28-19/h6-7,10,15H,4-5,8-9H2,1-3H3,(H,27,31)(H4,25,26,28,29,32)/t15-/m0/s1. The van der Waals surface area contributed by atoms with Crippen LogP contribution in [0.5, 0.6) is 0 Å². The third kappa shape index (κ3) is 6.38. The van der Waals surface area contributed by atoms with Gasteiger partial charge in [-0.1, -0.05) is 23.4 Å². The van der Waals surface area contributed by atoms with E-state index in [1.54, 1.807) is 32.9 Å². The summed E-state index contributed by atoms with van der Waals surface area (Å²) in [6.07, 6.45) is -0.0492. The van der Waals surface area contributed by atoms with E-state index in [9.17, 15) is 19.2 Å². The van der Waals surface area contributed by atoms with Crippen molar-refractivity contribution in [3.8, 4) is 0 Å². The van der Waals surface area contributed by atoms with Crippen LogP contribution in [0.3, 0.4) is 0 Å². The van der Waals surface area contributed by atoms with E-state index in [1.165, 1.54) is 17.8 Å². The number of nitrogens with one attached hydrogen (secondary N) is 3.